The van der Waals surface area contributed by atoms with E-state index in [0.29, 0.717) is 0 Å². The first-order valence-electron chi connectivity index (χ1n) is 7.59. The van der Waals surface area contributed by atoms with Crippen molar-refractivity contribution in [2.24, 2.45) is 10.3 Å². The molecule has 2 fully saturated rings. The number of nitrogens with two attached hydrogens (primary N) is 2. The molecule has 2 aliphatic rings. The molecule has 2 heterocycles. The van der Waals surface area contributed by atoms with E-state index >= 15 is 0 Å². The van der Waals surface area contributed by atoms with Gasteiger partial charge in [0.1, 0.15) is 0 Å². The summed E-state index contributed by atoms with van der Waals surface area (Å²) in [4.78, 5) is 2.17. The third-order valence-corrected chi connectivity index (χ3v) is 5.64. The first-order chi connectivity index (χ1) is 10.1. The second kappa shape index (κ2) is 10.1. The van der Waals surface area contributed by atoms with Gasteiger partial charge in [0.25, 0.3) is 0 Å². The zero-order valence-electron chi connectivity index (χ0n) is 13.5. The van der Waals surface area contributed by atoms with Gasteiger partial charge in [0.2, 0.25) is 20.0 Å². The zero-order valence-corrected chi connectivity index (χ0v) is 15.9. The zero-order chi connectivity index (χ0) is 16.8. The summed E-state index contributed by atoms with van der Waals surface area (Å²) in [6.45, 7) is 4.89. The molecule has 5 N–H and O–H groups in total. The van der Waals surface area contributed by atoms with Crippen molar-refractivity contribution < 1.29 is 16.8 Å². The monoisotopic (exact) mass is 392 g/mol. The van der Waals surface area contributed by atoms with Crippen molar-refractivity contribution in [1.82, 2.24) is 10.2 Å². The Morgan fingerprint density at radius 2 is 1.65 bits per heavy atom. The van der Waals surface area contributed by atoms with E-state index in [2.05, 4.69) is 10.2 Å². The molecule has 0 bridgehead atoms. The van der Waals surface area contributed by atoms with Gasteiger partial charge in [-0.1, -0.05) is 6.92 Å². The van der Waals surface area contributed by atoms with Gasteiger partial charge in [-0.3, -0.25) is 4.90 Å². The van der Waals surface area contributed by atoms with Crippen LogP contribution in [-0.4, -0.2) is 65.0 Å². The van der Waals surface area contributed by atoms with Crippen molar-refractivity contribution in [2.45, 2.75) is 44.7 Å². The molecule has 0 amide bonds. The lowest BCUT2D eigenvalue weighted by molar-refractivity contribution is 0.285. The Hall–Kier alpha value is 0.0300. The van der Waals surface area contributed by atoms with Crippen LogP contribution in [0.15, 0.2) is 0 Å². The number of likely N-dealkylation sites (tertiary alicyclic amines) is 1. The SMILES string of the molecule is CCN1CCCC1CS(N)(=O)=O.Cl.NS(=O)(=O)CC1CCCN1. The summed E-state index contributed by atoms with van der Waals surface area (Å²) in [5.41, 5.74) is 0. The first kappa shape index (κ1) is 23.0. The van der Waals surface area contributed by atoms with Gasteiger partial charge in [0.15, 0.2) is 0 Å². The molecular weight excluding hydrogens is 364 g/mol. The predicted octanol–water partition coefficient (Wildman–Crippen LogP) is -0.792. The molecule has 0 radical (unpaired) electrons. The van der Waals surface area contributed by atoms with Crippen molar-refractivity contribution in [3.8, 4) is 0 Å². The minimum absolute atomic E-state index is 0. The number of rotatable bonds is 5. The summed E-state index contributed by atoms with van der Waals surface area (Å²) < 4.78 is 42.6. The van der Waals surface area contributed by atoms with Crippen LogP contribution in [0.3, 0.4) is 0 Å². The largest absolute Gasteiger partial charge is 0.313 e. The molecule has 0 saturated carbocycles. The van der Waals surface area contributed by atoms with Crippen LogP contribution in [0.2, 0.25) is 0 Å². The molecule has 2 rings (SSSR count). The quantitative estimate of drug-likeness (QED) is 0.560. The topological polar surface area (TPSA) is 136 Å². The molecule has 11 heteroatoms. The highest BCUT2D eigenvalue weighted by molar-refractivity contribution is 7.89. The van der Waals surface area contributed by atoms with Gasteiger partial charge in [-0.05, 0) is 45.3 Å². The molecule has 2 atom stereocenters. The number of nitrogens with zero attached hydrogens (tertiary/aromatic N) is 1. The molecule has 2 saturated heterocycles. The average molecular weight is 393 g/mol. The van der Waals surface area contributed by atoms with Gasteiger partial charge in [-0.25, -0.2) is 27.1 Å². The van der Waals surface area contributed by atoms with Gasteiger partial charge < -0.3 is 5.32 Å². The maximum atomic E-state index is 10.8. The van der Waals surface area contributed by atoms with Crippen molar-refractivity contribution in [3.63, 3.8) is 0 Å². The fourth-order valence-electron chi connectivity index (χ4n) is 2.95. The Morgan fingerprint density at radius 3 is 2.09 bits per heavy atom. The lowest BCUT2D eigenvalue weighted by Crippen LogP contribution is -2.37. The third kappa shape index (κ3) is 10.5. The van der Waals surface area contributed by atoms with Gasteiger partial charge in [0.05, 0.1) is 11.5 Å². The van der Waals surface area contributed by atoms with E-state index in [1.807, 2.05) is 6.92 Å². The molecule has 0 aromatic rings. The molecule has 2 unspecified atom stereocenters. The number of hydrogen-bond donors (Lipinski definition) is 3. The summed E-state index contributed by atoms with van der Waals surface area (Å²) in [5, 5.41) is 12.9. The summed E-state index contributed by atoms with van der Waals surface area (Å²) in [5.74, 6) is 0.188. The summed E-state index contributed by atoms with van der Waals surface area (Å²) >= 11 is 0. The maximum Gasteiger partial charge on any atom is 0.210 e. The molecule has 8 nitrogen and oxygen atoms in total. The normalized spacial score (nSPS) is 25.5. The standard InChI is InChI=1S/C7H16N2O2S.C5H12N2O2S.ClH/c1-2-9-5-3-4-7(9)6-12(8,10)11;6-10(8,9)4-5-2-1-3-7-5;/h7H,2-6H2,1H3,(H2,8,10,11);5,7H,1-4H2,(H2,6,8,9);1H. The van der Waals surface area contributed by atoms with Gasteiger partial charge in [-0.15, -0.1) is 12.4 Å². The Balaban J connectivity index is 0.000000409. The van der Waals surface area contributed by atoms with Crippen molar-refractivity contribution in [1.29, 1.82) is 0 Å². The van der Waals surface area contributed by atoms with Crippen LogP contribution in [-0.2, 0) is 20.0 Å². The Kier molecular flexibility index (Phi) is 10.1. The van der Waals surface area contributed by atoms with E-state index in [-0.39, 0.29) is 36.0 Å². The smallest absolute Gasteiger partial charge is 0.210 e. The van der Waals surface area contributed by atoms with Crippen LogP contribution in [0.1, 0.15) is 32.6 Å². The predicted molar refractivity (Wildman–Crippen MR) is 94.5 cm³/mol. The van der Waals surface area contributed by atoms with Crippen LogP contribution < -0.4 is 15.6 Å². The van der Waals surface area contributed by atoms with E-state index in [4.69, 9.17) is 10.3 Å². The lowest BCUT2D eigenvalue weighted by Gasteiger charge is -2.21. The highest BCUT2D eigenvalue weighted by Crippen LogP contribution is 2.17. The van der Waals surface area contributed by atoms with Gasteiger partial charge >= 0.3 is 0 Å². The molecule has 23 heavy (non-hydrogen) atoms. The average Bonchev–Trinajstić information content (AvgIpc) is 2.97. The Bertz CT molecular complexity index is 535. The minimum Gasteiger partial charge on any atom is -0.313 e. The van der Waals surface area contributed by atoms with E-state index in [9.17, 15) is 16.8 Å². The summed E-state index contributed by atoms with van der Waals surface area (Å²) in [7, 11) is -6.56. The fourth-order valence-corrected chi connectivity index (χ4v) is 4.71. The van der Waals surface area contributed by atoms with E-state index in [1.165, 1.54) is 0 Å². The number of hydrogen-bond acceptors (Lipinski definition) is 6. The third-order valence-electron chi connectivity index (χ3n) is 3.93. The second-order valence-corrected chi connectivity index (χ2v) is 9.20. The minimum atomic E-state index is -3.29. The van der Waals surface area contributed by atoms with Crippen molar-refractivity contribution in [3.05, 3.63) is 0 Å². The first-order valence-corrected chi connectivity index (χ1v) is 11.0. The molecule has 140 valence electrons. The summed E-state index contributed by atoms with van der Waals surface area (Å²) in [6, 6.07) is 0.250. The van der Waals surface area contributed by atoms with Gasteiger partial charge in [0, 0.05) is 12.1 Å². The second-order valence-electron chi connectivity index (χ2n) is 5.88. The molecule has 0 aromatic carbocycles. The molecule has 0 aliphatic carbocycles. The van der Waals surface area contributed by atoms with Crippen LogP contribution >= 0.6 is 12.4 Å². The van der Waals surface area contributed by atoms with E-state index in [0.717, 1.165) is 45.3 Å². The lowest BCUT2D eigenvalue weighted by atomic mass is 10.2. The van der Waals surface area contributed by atoms with Crippen LogP contribution in [0.4, 0.5) is 0 Å². The molecule has 2 aliphatic heterocycles. The Labute approximate surface area is 145 Å². The van der Waals surface area contributed by atoms with Gasteiger partial charge in [-0.2, -0.15) is 0 Å². The van der Waals surface area contributed by atoms with Crippen LogP contribution in [0.25, 0.3) is 0 Å². The Morgan fingerprint density at radius 1 is 1.04 bits per heavy atom. The number of nitrogens with one attached hydrogen (secondary N) is 1. The van der Waals surface area contributed by atoms with E-state index in [1.54, 1.807) is 0 Å². The van der Waals surface area contributed by atoms with Crippen molar-refractivity contribution in [2.75, 3.05) is 31.1 Å². The molecular formula is C12H29ClN4O4S2. The highest BCUT2D eigenvalue weighted by Gasteiger charge is 2.26. The van der Waals surface area contributed by atoms with Crippen LogP contribution in [0, 0.1) is 0 Å². The molecule has 0 aromatic heterocycles. The number of halogens is 1. The maximum absolute atomic E-state index is 10.8. The molecule has 0 spiro atoms. The highest BCUT2D eigenvalue weighted by atomic mass is 35.5. The number of primary sulfonamides is 2. The van der Waals surface area contributed by atoms with Crippen LogP contribution in [0.5, 0.6) is 0 Å². The fraction of sp³-hybridized carbons (Fsp3) is 1.00. The van der Waals surface area contributed by atoms with Crippen molar-refractivity contribution >= 4 is 32.5 Å². The summed E-state index contributed by atoms with van der Waals surface area (Å²) in [6.07, 6.45) is 4.04. The van der Waals surface area contributed by atoms with E-state index < -0.39 is 20.0 Å². The number of sulfonamides is 2.